The van der Waals surface area contributed by atoms with Crippen molar-refractivity contribution in [2.24, 2.45) is 0 Å². The molecular formula is C15H16Cl2N2O. The minimum atomic E-state index is 0.115. The highest BCUT2D eigenvalue weighted by Crippen LogP contribution is 2.22. The summed E-state index contributed by atoms with van der Waals surface area (Å²) < 4.78 is 1.86. The van der Waals surface area contributed by atoms with Crippen molar-refractivity contribution in [1.82, 2.24) is 9.78 Å². The van der Waals surface area contributed by atoms with Crippen LogP contribution < -0.4 is 0 Å². The SMILES string of the molecule is CCn1nc(C)cc1CC(=O)Cc1ccc(Cl)cc1Cl. The van der Waals surface area contributed by atoms with Crippen LogP contribution in [0.2, 0.25) is 10.0 Å². The van der Waals surface area contributed by atoms with E-state index in [0.29, 0.717) is 22.9 Å². The molecule has 0 saturated heterocycles. The first-order valence-corrected chi connectivity index (χ1v) is 7.24. The van der Waals surface area contributed by atoms with Crippen molar-refractivity contribution in [3.8, 4) is 0 Å². The van der Waals surface area contributed by atoms with E-state index in [1.807, 2.05) is 24.6 Å². The summed E-state index contributed by atoms with van der Waals surface area (Å²) in [6.07, 6.45) is 0.678. The number of halogens is 2. The van der Waals surface area contributed by atoms with Crippen molar-refractivity contribution in [2.75, 3.05) is 0 Å². The third-order valence-corrected chi connectivity index (χ3v) is 3.65. The van der Waals surface area contributed by atoms with Crippen molar-refractivity contribution in [2.45, 2.75) is 33.2 Å². The zero-order valence-corrected chi connectivity index (χ0v) is 13.0. The number of ketones is 1. The first-order valence-electron chi connectivity index (χ1n) is 6.48. The van der Waals surface area contributed by atoms with Crippen LogP contribution >= 0.6 is 23.2 Å². The fraction of sp³-hybridized carbons (Fsp3) is 0.333. The van der Waals surface area contributed by atoms with E-state index in [9.17, 15) is 4.79 Å². The van der Waals surface area contributed by atoms with Gasteiger partial charge in [0.15, 0.2) is 0 Å². The van der Waals surface area contributed by atoms with Gasteiger partial charge in [0.1, 0.15) is 5.78 Å². The zero-order valence-electron chi connectivity index (χ0n) is 11.5. The van der Waals surface area contributed by atoms with Crippen LogP contribution in [0.5, 0.6) is 0 Å². The molecule has 3 nitrogen and oxygen atoms in total. The highest BCUT2D eigenvalue weighted by atomic mass is 35.5. The number of benzene rings is 1. The fourth-order valence-electron chi connectivity index (χ4n) is 2.16. The molecule has 0 saturated carbocycles. The number of hydrogen-bond acceptors (Lipinski definition) is 2. The van der Waals surface area contributed by atoms with Crippen LogP contribution in [-0.2, 0) is 24.2 Å². The average Bonchev–Trinajstić information content (AvgIpc) is 2.73. The molecule has 106 valence electrons. The molecule has 0 spiro atoms. The van der Waals surface area contributed by atoms with Crippen LogP contribution in [0.25, 0.3) is 0 Å². The summed E-state index contributed by atoms with van der Waals surface area (Å²) >= 11 is 11.9. The Morgan fingerprint density at radius 2 is 2.00 bits per heavy atom. The molecule has 0 fully saturated rings. The summed E-state index contributed by atoms with van der Waals surface area (Å²) in [5, 5.41) is 5.45. The van der Waals surface area contributed by atoms with Gasteiger partial charge in [-0.05, 0) is 37.6 Å². The Balaban J connectivity index is 2.09. The smallest absolute Gasteiger partial charge is 0.143 e. The Morgan fingerprint density at radius 1 is 1.25 bits per heavy atom. The van der Waals surface area contributed by atoms with E-state index in [4.69, 9.17) is 23.2 Å². The maximum absolute atomic E-state index is 12.2. The first-order chi connectivity index (χ1) is 9.49. The maximum atomic E-state index is 12.2. The van der Waals surface area contributed by atoms with Crippen molar-refractivity contribution in [3.63, 3.8) is 0 Å². The lowest BCUT2D eigenvalue weighted by molar-refractivity contribution is -0.117. The standard InChI is InChI=1S/C15H16Cl2N2O/c1-3-19-13(6-10(2)18-19)9-14(20)7-11-4-5-12(16)8-15(11)17/h4-6,8H,3,7,9H2,1-2H3. The maximum Gasteiger partial charge on any atom is 0.143 e. The molecule has 0 aliphatic heterocycles. The topological polar surface area (TPSA) is 34.9 Å². The number of aromatic nitrogens is 2. The Morgan fingerprint density at radius 3 is 2.65 bits per heavy atom. The van der Waals surface area contributed by atoms with Gasteiger partial charge in [-0.3, -0.25) is 9.48 Å². The summed E-state index contributed by atoms with van der Waals surface area (Å²) in [6.45, 7) is 4.70. The monoisotopic (exact) mass is 310 g/mol. The molecule has 5 heteroatoms. The second kappa shape index (κ2) is 6.42. The van der Waals surface area contributed by atoms with E-state index in [0.717, 1.165) is 23.5 Å². The molecular weight excluding hydrogens is 295 g/mol. The van der Waals surface area contributed by atoms with Crippen LogP contribution in [0.3, 0.4) is 0 Å². The van der Waals surface area contributed by atoms with Crippen LogP contribution in [0.1, 0.15) is 23.9 Å². The van der Waals surface area contributed by atoms with Crippen molar-refractivity contribution in [3.05, 3.63) is 51.3 Å². The highest BCUT2D eigenvalue weighted by molar-refractivity contribution is 6.35. The third kappa shape index (κ3) is 3.62. The van der Waals surface area contributed by atoms with Crippen LogP contribution in [-0.4, -0.2) is 15.6 Å². The quantitative estimate of drug-likeness (QED) is 0.840. The van der Waals surface area contributed by atoms with Gasteiger partial charge < -0.3 is 0 Å². The summed E-state index contributed by atoms with van der Waals surface area (Å²) in [5.74, 6) is 0.115. The molecule has 20 heavy (non-hydrogen) atoms. The third-order valence-electron chi connectivity index (χ3n) is 3.07. The van der Waals surface area contributed by atoms with Crippen LogP contribution in [0.4, 0.5) is 0 Å². The van der Waals surface area contributed by atoms with Gasteiger partial charge >= 0.3 is 0 Å². The van der Waals surface area contributed by atoms with Crippen molar-refractivity contribution >= 4 is 29.0 Å². The number of carbonyl (C=O) groups is 1. The number of hydrogen-bond donors (Lipinski definition) is 0. The Bertz CT molecular complexity index is 635. The lowest BCUT2D eigenvalue weighted by atomic mass is 10.1. The number of aryl methyl sites for hydroxylation is 2. The summed E-state index contributed by atoms with van der Waals surface area (Å²) in [4.78, 5) is 12.2. The molecule has 2 rings (SSSR count). The number of rotatable bonds is 5. The molecule has 1 aromatic carbocycles. The summed E-state index contributed by atoms with van der Waals surface area (Å²) in [5.41, 5.74) is 2.68. The second-order valence-corrected chi connectivity index (χ2v) is 5.56. The Kier molecular flexibility index (Phi) is 4.84. The van der Waals surface area contributed by atoms with Gasteiger partial charge in [0.25, 0.3) is 0 Å². The first kappa shape index (κ1) is 15.1. The number of Topliss-reactive ketones (excluding diaryl/α,β-unsaturated/α-hetero) is 1. The molecule has 1 heterocycles. The lowest BCUT2D eigenvalue weighted by Crippen LogP contribution is -2.11. The van der Waals surface area contributed by atoms with Crippen LogP contribution in [0, 0.1) is 6.92 Å². The second-order valence-electron chi connectivity index (χ2n) is 4.72. The van der Waals surface area contributed by atoms with Crippen molar-refractivity contribution < 1.29 is 4.79 Å². The van der Waals surface area contributed by atoms with E-state index in [1.165, 1.54) is 0 Å². The predicted octanol–water partition coefficient (Wildman–Crippen LogP) is 3.87. The fourth-order valence-corrected chi connectivity index (χ4v) is 2.63. The average molecular weight is 311 g/mol. The van der Waals surface area contributed by atoms with Gasteiger partial charge in [-0.1, -0.05) is 29.3 Å². The summed E-state index contributed by atoms with van der Waals surface area (Å²) in [7, 11) is 0. The van der Waals surface area contributed by atoms with E-state index in [1.54, 1.807) is 18.2 Å². The lowest BCUT2D eigenvalue weighted by Gasteiger charge is -2.06. The van der Waals surface area contributed by atoms with Crippen molar-refractivity contribution in [1.29, 1.82) is 0 Å². The van der Waals surface area contributed by atoms with Gasteiger partial charge in [-0.25, -0.2) is 0 Å². The molecule has 0 aliphatic carbocycles. The molecule has 1 aromatic heterocycles. The Hall–Kier alpha value is -1.32. The van der Waals surface area contributed by atoms with Gasteiger partial charge in [0.2, 0.25) is 0 Å². The van der Waals surface area contributed by atoms with Gasteiger partial charge in [-0.2, -0.15) is 5.10 Å². The molecule has 0 N–H and O–H groups in total. The van der Waals surface area contributed by atoms with Gasteiger partial charge in [0, 0.05) is 35.1 Å². The highest BCUT2D eigenvalue weighted by Gasteiger charge is 2.12. The van der Waals surface area contributed by atoms with Crippen LogP contribution in [0.15, 0.2) is 24.3 Å². The minimum Gasteiger partial charge on any atom is -0.299 e. The molecule has 0 bridgehead atoms. The number of nitrogens with zero attached hydrogens (tertiary/aromatic N) is 2. The van der Waals surface area contributed by atoms with Gasteiger partial charge in [0.05, 0.1) is 5.69 Å². The molecule has 2 aromatic rings. The molecule has 0 amide bonds. The van der Waals surface area contributed by atoms with Gasteiger partial charge in [-0.15, -0.1) is 0 Å². The van der Waals surface area contributed by atoms with E-state index < -0.39 is 0 Å². The predicted molar refractivity (Wildman–Crippen MR) is 81.5 cm³/mol. The normalized spacial score (nSPS) is 10.8. The molecule has 0 atom stereocenters. The largest absolute Gasteiger partial charge is 0.299 e. The molecule has 0 unspecified atom stereocenters. The van der Waals surface area contributed by atoms with E-state index >= 15 is 0 Å². The Labute approximate surface area is 128 Å². The van der Waals surface area contributed by atoms with E-state index in [-0.39, 0.29) is 5.78 Å². The summed E-state index contributed by atoms with van der Waals surface area (Å²) in [6, 6.07) is 7.15. The molecule has 0 aliphatic rings. The zero-order chi connectivity index (χ0) is 14.7. The van der Waals surface area contributed by atoms with E-state index in [2.05, 4.69) is 5.10 Å². The minimum absolute atomic E-state index is 0.115. The molecule has 0 radical (unpaired) electrons. The number of carbonyl (C=O) groups excluding carboxylic acids is 1.